The number of aromatic hydroxyl groups is 6. The molecule has 0 saturated heterocycles. The SMILES string of the molecule is Oc1cc(O)cc(O)c1.Oc1ccc(O)c(O)c1. The molecule has 0 fully saturated rings. The normalized spacial score (nSPS) is 9.33. The molecule has 6 nitrogen and oxygen atoms in total. The van der Waals surface area contributed by atoms with Gasteiger partial charge in [-0.05, 0) is 12.1 Å². The van der Waals surface area contributed by atoms with Gasteiger partial charge in [-0.1, -0.05) is 0 Å². The fourth-order valence-electron chi connectivity index (χ4n) is 1.09. The van der Waals surface area contributed by atoms with Gasteiger partial charge < -0.3 is 30.6 Å². The van der Waals surface area contributed by atoms with Gasteiger partial charge in [-0.2, -0.15) is 0 Å². The summed E-state index contributed by atoms with van der Waals surface area (Å²) in [5.41, 5.74) is 0. The molecule has 6 N–H and O–H groups in total. The van der Waals surface area contributed by atoms with Crippen LogP contribution in [-0.4, -0.2) is 30.6 Å². The van der Waals surface area contributed by atoms with Gasteiger partial charge in [-0.25, -0.2) is 0 Å². The third-order valence-electron chi connectivity index (χ3n) is 1.85. The van der Waals surface area contributed by atoms with E-state index in [0.29, 0.717) is 0 Å². The summed E-state index contributed by atoms with van der Waals surface area (Å²) in [6.45, 7) is 0. The lowest BCUT2D eigenvalue weighted by Gasteiger charge is -1.95. The van der Waals surface area contributed by atoms with Crippen molar-refractivity contribution in [3.63, 3.8) is 0 Å². The van der Waals surface area contributed by atoms with Crippen LogP contribution < -0.4 is 0 Å². The van der Waals surface area contributed by atoms with E-state index in [9.17, 15) is 0 Å². The van der Waals surface area contributed by atoms with Gasteiger partial charge in [0.25, 0.3) is 0 Å². The van der Waals surface area contributed by atoms with E-state index in [1.165, 1.54) is 12.1 Å². The Kier molecular flexibility index (Phi) is 4.09. The molecule has 96 valence electrons. The van der Waals surface area contributed by atoms with Crippen molar-refractivity contribution in [3.05, 3.63) is 36.4 Å². The summed E-state index contributed by atoms with van der Waals surface area (Å²) in [5.74, 6) is -1.04. The molecule has 18 heavy (non-hydrogen) atoms. The summed E-state index contributed by atoms with van der Waals surface area (Å²) in [7, 11) is 0. The highest BCUT2D eigenvalue weighted by molar-refractivity contribution is 5.42. The average molecular weight is 252 g/mol. The van der Waals surface area contributed by atoms with E-state index in [1.807, 2.05) is 0 Å². The van der Waals surface area contributed by atoms with Crippen LogP contribution >= 0.6 is 0 Å². The molecule has 0 radical (unpaired) electrons. The van der Waals surface area contributed by atoms with E-state index in [4.69, 9.17) is 30.6 Å². The van der Waals surface area contributed by atoms with Crippen LogP contribution in [-0.2, 0) is 0 Å². The number of hydrogen-bond acceptors (Lipinski definition) is 6. The van der Waals surface area contributed by atoms with Gasteiger partial charge in [-0.15, -0.1) is 0 Å². The molecule has 0 aliphatic rings. The lowest BCUT2D eigenvalue weighted by atomic mass is 10.3. The maximum atomic E-state index is 8.69. The number of phenols is 6. The molecule has 6 heteroatoms. The van der Waals surface area contributed by atoms with Gasteiger partial charge >= 0.3 is 0 Å². The molecule has 0 amide bonds. The number of hydrogen-bond donors (Lipinski definition) is 6. The number of benzene rings is 2. The fourth-order valence-corrected chi connectivity index (χ4v) is 1.09. The highest BCUT2D eigenvalue weighted by atomic mass is 16.3. The van der Waals surface area contributed by atoms with Crippen LogP contribution in [0.4, 0.5) is 0 Å². The van der Waals surface area contributed by atoms with Gasteiger partial charge in [0, 0.05) is 24.3 Å². The Morgan fingerprint density at radius 2 is 0.889 bits per heavy atom. The summed E-state index contributed by atoms with van der Waals surface area (Å²) < 4.78 is 0. The van der Waals surface area contributed by atoms with Crippen LogP contribution in [0.25, 0.3) is 0 Å². The predicted octanol–water partition coefficient (Wildman–Crippen LogP) is 1.61. The highest BCUT2D eigenvalue weighted by Crippen LogP contribution is 2.27. The van der Waals surface area contributed by atoms with Crippen molar-refractivity contribution in [2.75, 3.05) is 0 Å². The molecule has 2 aromatic carbocycles. The smallest absolute Gasteiger partial charge is 0.161 e. The fraction of sp³-hybridized carbons (Fsp3) is 0. The van der Waals surface area contributed by atoms with Crippen LogP contribution in [0.5, 0.6) is 34.5 Å². The third kappa shape index (κ3) is 4.01. The predicted molar refractivity (Wildman–Crippen MR) is 62.9 cm³/mol. The molecule has 0 saturated carbocycles. The topological polar surface area (TPSA) is 121 Å². The van der Waals surface area contributed by atoms with Gasteiger partial charge in [0.15, 0.2) is 11.5 Å². The summed E-state index contributed by atoms with van der Waals surface area (Å²) in [5, 5.41) is 52.1. The Morgan fingerprint density at radius 1 is 0.444 bits per heavy atom. The van der Waals surface area contributed by atoms with Gasteiger partial charge in [0.05, 0.1) is 0 Å². The molecule has 0 aliphatic heterocycles. The first-order valence-corrected chi connectivity index (χ1v) is 4.81. The van der Waals surface area contributed by atoms with Crippen molar-refractivity contribution in [1.82, 2.24) is 0 Å². The van der Waals surface area contributed by atoms with E-state index in [1.54, 1.807) is 0 Å². The van der Waals surface area contributed by atoms with E-state index >= 15 is 0 Å². The summed E-state index contributed by atoms with van der Waals surface area (Å²) >= 11 is 0. The van der Waals surface area contributed by atoms with Crippen LogP contribution in [0.2, 0.25) is 0 Å². The Balaban J connectivity index is 0.000000180. The minimum absolute atomic E-state index is 0.0645. The average Bonchev–Trinajstić information content (AvgIpc) is 2.23. The van der Waals surface area contributed by atoms with Crippen molar-refractivity contribution < 1.29 is 30.6 Å². The zero-order chi connectivity index (χ0) is 13.7. The number of rotatable bonds is 0. The van der Waals surface area contributed by atoms with E-state index in [0.717, 1.165) is 24.3 Å². The maximum Gasteiger partial charge on any atom is 0.161 e. The minimum Gasteiger partial charge on any atom is -0.508 e. The maximum absolute atomic E-state index is 8.69. The standard InChI is InChI=1S/2C6H6O3/c7-4-1-5(8)3-6(9)2-4;7-4-1-2-5(8)6(9)3-4/h2*1-3,7-9H. The summed E-state index contributed by atoms with van der Waals surface area (Å²) in [6.07, 6.45) is 0. The van der Waals surface area contributed by atoms with E-state index < -0.39 is 0 Å². The molecule has 0 aliphatic carbocycles. The molecule has 0 aromatic heterocycles. The minimum atomic E-state index is -0.310. The van der Waals surface area contributed by atoms with Gasteiger partial charge in [0.1, 0.15) is 23.0 Å². The zero-order valence-corrected chi connectivity index (χ0v) is 9.15. The van der Waals surface area contributed by atoms with Crippen molar-refractivity contribution in [2.45, 2.75) is 0 Å². The van der Waals surface area contributed by atoms with Crippen LogP contribution in [0.15, 0.2) is 36.4 Å². The van der Waals surface area contributed by atoms with Crippen LogP contribution in [0, 0.1) is 0 Å². The third-order valence-corrected chi connectivity index (χ3v) is 1.85. The molecule has 0 spiro atoms. The van der Waals surface area contributed by atoms with Gasteiger partial charge in [0.2, 0.25) is 0 Å². The van der Waals surface area contributed by atoms with Crippen molar-refractivity contribution in [1.29, 1.82) is 0 Å². The second-order valence-electron chi connectivity index (χ2n) is 3.38. The molecule has 2 rings (SSSR count). The molecular weight excluding hydrogens is 240 g/mol. The van der Waals surface area contributed by atoms with Gasteiger partial charge in [-0.3, -0.25) is 0 Å². The van der Waals surface area contributed by atoms with Crippen LogP contribution in [0.3, 0.4) is 0 Å². The van der Waals surface area contributed by atoms with E-state index in [-0.39, 0.29) is 34.5 Å². The summed E-state index contributed by atoms with van der Waals surface area (Å²) in [6, 6.07) is 6.98. The molecule has 0 bridgehead atoms. The molecular formula is C12H12O6. The zero-order valence-electron chi connectivity index (χ0n) is 9.15. The first-order chi connectivity index (χ1) is 8.38. The first kappa shape index (κ1) is 13.3. The monoisotopic (exact) mass is 252 g/mol. The Labute approximate surface area is 102 Å². The van der Waals surface area contributed by atoms with Crippen LogP contribution in [0.1, 0.15) is 0 Å². The Hall–Kier alpha value is -2.76. The molecule has 0 atom stereocenters. The Morgan fingerprint density at radius 3 is 1.22 bits per heavy atom. The Bertz CT molecular complexity index is 488. The van der Waals surface area contributed by atoms with Crippen molar-refractivity contribution in [2.24, 2.45) is 0 Å². The van der Waals surface area contributed by atoms with Crippen molar-refractivity contribution >= 4 is 0 Å². The van der Waals surface area contributed by atoms with Crippen molar-refractivity contribution in [3.8, 4) is 34.5 Å². The lowest BCUT2D eigenvalue weighted by Crippen LogP contribution is -1.66. The van der Waals surface area contributed by atoms with E-state index in [2.05, 4.69) is 0 Å². The lowest BCUT2D eigenvalue weighted by molar-refractivity contribution is 0.396. The quantitative estimate of drug-likeness (QED) is 0.313. The largest absolute Gasteiger partial charge is 0.508 e. The molecule has 0 unspecified atom stereocenters. The summed E-state index contributed by atoms with van der Waals surface area (Å²) in [4.78, 5) is 0. The number of phenolic OH excluding ortho intramolecular Hbond substituents is 6. The highest BCUT2D eigenvalue weighted by Gasteiger charge is 1.96. The first-order valence-electron chi connectivity index (χ1n) is 4.81. The molecule has 0 heterocycles. The molecule has 2 aromatic rings. The second-order valence-corrected chi connectivity index (χ2v) is 3.38. The second kappa shape index (κ2) is 5.53.